The van der Waals surface area contributed by atoms with Crippen LogP contribution in [0, 0.1) is 0 Å². The van der Waals surface area contributed by atoms with Gasteiger partial charge in [-0.05, 0) is 25.5 Å². The van der Waals surface area contributed by atoms with E-state index in [0.29, 0.717) is 10.6 Å². The predicted octanol–water partition coefficient (Wildman–Crippen LogP) is 3.58. The van der Waals surface area contributed by atoms with Crippen molar-refractivity contribution in [2.24, 2.45) is 0 Å². The summed E-state index contributed by atoms with van der Waals surface area (Å²) in [5.74, 6) is -0.00120. The summed E-state index contributed by atoms with van der Waals surface area (Å²) in [5, 5.41) is 0.517. The summed E-state index contributed by atoms with van der Waals surface area (Å²) in [5.41, 5.74) is 1.48. The molecule has 0 atom stereocenters. The molecule has 0 aliphatic rings. The number of halogens is 1. The lowest BCUT2D eigenvalue weighted by molar-refractivity contribution is 0.101. The first kappa shape index (κ1) is 10.0. The molecular formula is C11H11ClO. The molecule has 0 radical (unpaired) electrons. The lowest BCUT2D eigenvalue weighted by Gasteiger charge is -2.03. The summed E-state index contributed by atoms with van der Waals surface area (Å²) in [6.07, 6.45) is 3.76. The Morgan fingerprint density at radius 2 is 2.15 bits per heavy atom. The third-order valence-corrected chi connectivity index (χ3v) is 2.06. The van der Waals surface area contributed by atoms with Crippen molar-refractivity contribution in [1.29, 1.82) is 0 Å². The molecule has 0 amide bonds. The summed E-state index contributed by atoms with van der Waals surface area (Å²) in [6, 6.07) is 5.44. The van der Waals surface area contributed by atoms with Crippen LogP contribution in [0.3, 0.4) is 0 Å². The van der Waals surface area contributed by atoms with E-state index in [9.17, 15) is 4.79 Å². The Balaban J connectivity index is 3.34. The Morgan fingerprint density at radius 3 is 2.69 bits per heavy atom. The monoisotopic (exact) mass is 194 g/mol. The number of carbonyl (C=O) groups is 1. The van der Waals surface area contributed by atoms with E-state index >= 15 is 0 Å². The fourth-order valence-corrected chi connectivity index (χ4v) is 1.55. The quantitative estimate of drug-likeness (QED) is 0.658. The van der Waals surface area contributed by atoms with Crippen molar-refractivity contribution in [2.75, 3.05) is 0 Å². The predicted molar refractivity (Wildman–Crippen MR) is 56.2 cm³/mol. The number of benzene rings is 1. The largest absolute Gasteiger partial charge is 0.294 e. The zero-order chi connectivity index (χ0) is 9.84. The molecule has 0 aliphatic carbocycles. The molecule has 68 valence electrons. The first-order valence-corrected chi connectivity index (χ1v) is 4.46. The van der Waals surface area contributed by atoms with E-state index in [-0.39, 0.29) is 5.78 Å². The molecule has 0 aromatic heterocycles. The second-order valence-electron chi connectivity index (χ2n) is 2.76. The van der Waals surface area contributed by atoms with Gasteiger partial charge in [-0.2, -0.15) is 0 Å². The molecule has 0 spiro atoms. The highest BCUT2D eigenvalue weighted by Crippen LogP contribution is 2.21. The highest BCUT2D eigenvalue weighted by Gasteiger charge is 2.08. The van der Waals surface area contributed by atoms with Gasteiger partial charge in [-0.3, -0.25) is 4.79 Å². The number of carbonyl (C=O) groups excluding carboxylic acids is 1. The molecule has 13 heavy (non-hydrogen) atoms. The minimum atomic E-state index is -0.00120. The number of hydrogen-bond donors (Lipinski definition) is 0. The van der Waals surface area contributed by atoms with Crippen molar-refractivity contribution in [3.8, 4) is 0 Å². The van der Waals surface area contributed by atoms with Gasteiger partial charge in [0.25, 0.3) is 0 Å². The number of allylic oxidation sites excluding steroid dienone is 1. The van der Waals surface area contributed by atoms with Gasteiger partial charge in [0.15, 0.2) is 5.78 Å². The van der Waals surface area contributed by atoms with E-state index in [2.05, 4.69) is 0 Å². The van der Waals surface area contributed by atoms with E-state index in [1.54, 1.807) is 6.07 Å². The maximum Gasteiger partial charge on any atom is 0.161 e. The van der Waals surface area contributed by atoms with Crippen LogP contribution in [0.1, 0.15) is 29.8 Å². The fourth-order valence-electron chi connectivity index (χ4n) is 1.23. The summed E-state index contributed by atoms with van der Waals surface area (Å²) in [4.78, 5) is 11.2. The first-order chi connectivity index (χ1) is 6.16. The zero-order valence-electron chi connectivity index (χ0n) is 7.67. The normalized spacial score (nSPS) is 10.7. The molecule has 0 fully saturated rings. The van der Waals surface area contributed by atoms with Crippen LogP contribution in [0.4, 0.5) is 0 Å². The Labute approximate surface area is 83.0 Å². The summed E-state index contributed by atoms with van der Waals surface area (Å²) < 4.78 is 0. The Kier molecular flexibility index (Phi) is 3.26. The van der Waals surface area contributed by atoms with Crippen LogP contribution in [0.25, 0.3) is 6.08 Å². The van der Waals surface area contributed by atoms with Gasteiger partial charge in [-0.1, -0.05) is 35.9 Å². The van der Waals surface area contributed by atoms with Gasteiger partial charge in [0.1, 0.15) is 0 Å². The van der Waals surface area contributed by atoms with Crippen molar-refractivity contribution in [3.05, 3.63) is 40.4 Å². The van der Waals surface area contributed by atoms with Gasteiger partial charge < -0.3 is 0 Å². The van der Waals surface area contributed by atoms with Crippen molar-refractivity contribution in [2.45, 2.75) is 13.8 Å². The maximum atomic E-state index is 11.2. The average Bonchev–Trinajstić information content (AvgIpc) is 2.04. The molecule has 0 heterocycles. The SMILES string of the molecule is CC=Cc1cccc(Cl)c1C(C)=O. The summed E-state index contributed by atoms with van der Waals surface area (Å²) in [7, 11) is 0. The maximum absolute atomic E-state index is 11.2. The highest BCUT2D eigenvalue weighted by atomic mass is 35.5. The van der Waals surface area contributed by atoms with E-state index in [0.717, 1.165) is 5.56 Å². The van der Waals surface area contributed by atoms with Crippen LogP contribution in [0.15, 0.2) is 24.3 Å². The molecule has 1 aromatic rings. The second-order valence-corrected chi connectivity index (χ2v) is 3.17. The first-order valence-electron chi connectivity index (χ1n) is 4.09. The minimum absolute atomic E-state index is 0.00120. The molecule has 0 N–H and O–H groups in total. The van der Waals surface area contributed by atoms with Gasteiger partial charge in [-0.15, -0.1) is 0 Å². The van der Waals surface area contributed by atoms with Crippen molar-refractivity contribution < 1.29 is 4.79 Å². The van der Waals surface area contributed by atoms with Crippen LogP contribution < -0.4 is 0 Å². The zero-order valence-corrected chi connectivity index (χ0v) is 8.43. The summed E-state index contributed by atoms with van der Waals surface area (Å²) >= 11 is 5.91. The van der Waals surface area contributed by atoms with Crippen molar-refractivity contribution in [1.82, 2.24) is 0 Å². The molecule has 0 aliphatic heterocycles. The number of Topliss-reactive ketones (excluding diaryl/α,β-unsaturated/α-hetero) is 1. The van der Waals surface area contributed by atoms with Gasteiger partial charge in [0.05, 0.1) is 5.02 Å². The molecule has 0 saturated carbocycles. The molecule has 0 bridgehead atoms. The lowest BCUT2D eigenvalue weighted by Crippen LogP contribution is -1.96. The van der Waals surface area contributed by atoms with E-state index < -0.39 is 0 Å². The summed E-state index contributed by atoms with van der Waals surface area (Å²) in [6.45, 7) is 3.43. The van der Waals surface area contributed by atoms with Crippen LogP contribution >= 0.6 is 11.6 Å². The average molecular weight is 195 g/mol. The lowest BCUT2D eigenvalue weighted by atomic mass is 10.0. The smallest absolute Gasteiger partial charge is 0.161 e. The van der Waals surface area contributed by atoms with E-state index in [4.69, 9.17) is 11.6 Å². The van der Waals surface area contributed by atoms with Crippen LogP contribution in [0.5, 0.6) is 0 Å². The van der Waals surface area contributed by atoms with Gasteiger partial charge in [-0.25, -0.2) is 0 Å². The molecule has 1 nitrogen and oxygen atoms in total. The van der Waals surface area contributed by atoms with Crippen molar-refractivity contribution >= 4 is 23.5 Å². The number of ketones is 1. The second kappa shape index (κ2) is 4.24. The van der Waals surface area contributed by atoms with Crippen LogP contribution in [-0.2, 0) is 0 Å². The molecule has 2 heteroatoms. The molecule has 0 unspecified atom stereocenters. The van der Waals surface area contributed by atoms with Crippen molar-refractivity contribution in [3.63, 3.8) is 0 Å². The van der Waals surface area contributed by atoms with Gasteiger partial charge >= 0.3 is 0 Å². The van der Waals surface area contributed by atoms with E-state index in [1.165, 1.54) is 6.92 Å². The Hall–Kier alpha value is -1.08. The fraction of sp³-hybridized carbons (Fsp3) is 0.182. The van der Waals surface area contributed by atoms with Crippen LogP contribution in [-0.4, -0.2) is 5.78 Å². The van der Waals surface area contributed by atoms with Gasteiger partial charge in [0.2, 0.25) is 0 Å². The Bertz CT molecular complexity index is 353. The molecule has 0 saturated heterocycles. The molecular weight excluding hydrogens is 184 g/mol. The van der Waals surface area contributed by atoms with Crippen LogP contribution in [0.2, 0.25) is 5.02 Å². The highest BCUT2D eigenvalue weighted by molar-refractivity contribution is 6.34. The molecule has 1 aromatic carbocycles. The third kappa shape index (κ3) is 2.19. The van der Waals surface area contributed by atoms with Gasteiger partial charge in [0, 0.05) is 5.56 Å². The topological polar surface area (TPSA) is 17.1 Å². The number of rotatable bonds is 2. The minimum Gasteiger partial charge on any atom is -0.294 e. The number of hydrogen-bond acceptors (Lipinski definition) is 1. The standard InChI is InChI=1S/C11H11ClO/c1-3-5-9-6-4-7-10(12)11(9)8(2)13/h3-7H,1-2H3. The van der Waals surface area contributed by atoms with E-state index in [1.807, 2.05) is 31.2 Å². The third-order valence-electron chi connectivity index (χ3n) is 1.74. The Morgan fingerprint density at radius 1 is 1.46 bits per heavy atom. The molecule has 1 rings (SSSR count).